The van der Waals surface area contributed by atoms with Crippen LogP contribution in [0.25, 0.3) is 5.69 Å². The van der Waals surface area contributed by atoms with Gasteiger partial charge in [0.25, 0.3) is 0 Å². The van der Waals surface area contributed by atoms with Crippen LogP contribution in [-0.2, 0) is 17.4 Å². The lowest BCUT2D eigenvalue weighted by Crippen LogP contribution is -2.23. The third-order valence-electron chi connectivity index (χ3n) is 4.11. The van der Waals surface area contributed by atoms with E-state index in [0.29, 0.717) is 16.8 Å². The van der Waals surface area contributed by atoms with Gasteiger partial charge in [0.2, 0.25) is 16.4 Å². The van der Waals surface area contributed by atoms with E-state index < -0.39 is 60.6 Å². The maximum absolute atomic E-state index is 13.3. The van der Waals surface area contributed by atoms with Crippen LogP contribution in [0.5, 0.6) is 5.75 Å². The first-order valence-corrected chi connectivity index (χ1v) is 10.6. The van der Waals surface area contributed by atoms with Crippen LogP contribution in [0.15, 0.2) is 46.3 Å². The molecule has 3 rings (SSSR count). The molecule has 0 aliphatic carbocycles. The van der Waals surface area contributed by atoms with Gasteiger partial charge in [0.1, 0.15) is 28.7 Å². The second kappa shape index (κ2) is 9.38. The van der Waals surface area contributed by atoms with Gasteiger partial charge in [-0.3, -0.25) is 0 Å². The summed E-state index contributed by atoms with van der Waals surface area (Å²) in [5, 5.41) is 20.9. The van der Waals surface area contributed by atoms with E-state index in [2.05, 4.69) is 10.1 Å². The van der Waals surface area contributed by atoms with Crippen molar-refractivity contribution in [1.82, 2.24) is 9.78 Å². The van der Waals surface area contributed by atoms with E-state index in [-0.39, 0.29) is 11.3 Å². The Labute approximate surface area is 199 Å². The summed E-state index contributed by atoms with van der Waals surface area (Å²) >= 11 is 8.10. The van der Waals surface area contributed by atoms with Crippen LogP contribution >= 0.6 is 23.2 Å². The molecular weight excluding hydrogens is 533 g/mol. The van der Waals surface area contributed by atoms with E-state index in [4.69, 9.17) is 23.2 Å². The summed E-state index contributed by atoms with van der Waals surface area (Å²) in [6.07, 6.45) is -3.84. The highest BCUT2D eigenvalue weighted by Gasteiger charge is 2.50. The van der Waals surface area contributed by atoms with E-state index in [1.807, 2.05) is 0 Å². The summed E-state index contributed by atoms with van der Waals surface area (Å²) in [6, 6.07) is 7.46. The van der Waals surface area contributed by atoms with Crippen LogP contribution < -0.4 is 0 Å². The van der Waals surface area contributed by atoms with Crippen molar-refractivity contribution < 1.29 is 36.0 Å². The first-order chi connectivity index (χ1) is 15.7. The molecule has 1 atom stereocenters. The van der Waals surface area contributed by atoms with Gasteiger partial charge in [-0.25, -0.2) is 9.67 Å². The molecule has 0 aliphatic heterocycles. The number of nitriles is 1. The number of aliphatic imine (C=N–C) groups is 1. The summed E-state index contributed by atoms with van der Waals surface area (Å²) < 4.78 is 91.8. The summed E-state index contributed by atoms with van der Waals surface area (Å²) in [7, 11) is 0. The predicted octanol–water partition coefficient (Wildman–Crippen LogP) is 6.15. The predicted molar refractivity (Wildman–Crippen MR) is 111 cm³/mol. The average Bonchev–Trinajstić information content (AvgIpc) is 3.08. The zero-order chi connectivity index (χ0) is 25.4. The lowest BCUT2D eigenvalue weighted by Gasteiger charge is -2.14. The van der Waals surface area contributed by atoms with Gasteiger partial charge in [0, 0.05) is 6.21 Å². The number of aromatic nitrogens is 2. The minimum atomic E-state index is -5.32. The maximum atomic E-state index is 13.3. The SMILES string of the molecule is N#Cc1nn(-c2c(Cl)cc(C(F)(F)F)cc2Cl)c(N=Cc2ccc(O)cc2)c1[S+]([O-])C(F)(F)F. The molecular formula is C19H8Cl2F6N4O2S. The quantitative estimate of drug-likeness (QED) is 0.243. The topological polar surface area (TPSA) is 97.3 Å². The van der Waals surface area contributed by atoms with Crippen molar-refractivity contribution >= 4 is 46.4 Å². The van der Waals surface area contributed by atoms with Crippen molar-refractivity contribution in [2.24, 2.45) is 4.99 Å². The highest BCUT2D eigenvalue weighted by molar-refractivity contribution is 7.92. The highest BCUT2D eigenvalue weighted by atomic mass is 35.5. The number of phenols is 1. The second-order valence-corrected chi connectivity index (χ2v) is 8.60. The molecule has 34 heavy (non-hydrogen) atoms. The van der Waals surface area contributed by atoms with Gasteiger partial charge in [0.05, 0.1) is 15.6 Å². The first kappa shape index (κ1) is 25.7. The Morgan fingerprint density at radius 1 is 1.09 bits per heavy atom. The molecule has 1 N–H and O–H groups in total. The zero-order valence-corrected chi connectivity index (χ0v) is 18.4. The van der Waals surface area contributed by atoms with Gasteiger partial charge in [-0.05, 0) is 42.0 Å². The summed E-state index contributed by atoms with van der Waals surface area (Å²) in [6.45, 7) is 0. The van der Waals surface area contributed by atoms with Crippen molar-refractivity contribution in [2.75, 3.05) is 0 Å². The van der Waals surface area contributed by atoms with Gasteiger partial charge < -0.3 is 9.66 Å². The van der Waals surface area contributed by atoms with Crippen molar-refractivity contribution in [3.8, 4) is 17.5 Å². The monoisotopic (exact) mass is 540 g/mol. The highest BCUT2D eigenvalue weighted by Crippen LogP contribution is 2.43. The van der Waals surface area contributed by atoms with Gasteiger partial charge in [-0.1, -0.05) is 23.2 Å². The van der Waals surface area contributed by atoms with Crippen molar-refractivity contribution in [3.63, 3.8) is 0 Å². The second-order valence-electron chi connectivity index (χ2n) is 6.38. The van der Waals surface area contributed by atoms with Gasteiger partial charge in [0.15, 0.2) is 0 Å². The Kier molecular flexibility index (Phi) is 7.09. The fourth-order valence-corrected chi connectivity index (χ4v) is 4.10. The number of alkyl halides is 6. The van der Waals surface area contributed by atoms with E-state index >= 15 is 0 Å². The maximum Gasteiger partial charge on any atom is 0.578 e. The molecule has 6 nitrogen and oxygen atoms in total. The zero-order valence-electron chi connectivity index (χ0n) is 16.1. The fraction of sp³-hybridized carbons (Fsp3) is 0.105. The molecule has 178 valence electrons. The normalized spacial score (nSPS) is 13.3. The standard InChI is InChI=1S/C19H8Cl2F6N4O2S/c20-12-5-10(18(22,23)24)6-13(21)15(12)31-17(29-8-9-1-3-11(32)4-2-9)16(14(7-28)30-31)34(33)19(25,26)27/h1-6,8,32H. The number of phenolic OH excluding ortho intramolecular Hbond substituents is 1. The van der Waals surface area contributed by atoms with Crippen molar-refractivity contribution in [2.45, 2.75) is 16.6 Å². The lowest BCUT2D eigenvalue weighted by atomic mass is 10.2. The van der Waals surface area contributed by atoms with Crippen LogP contribution in [0.1, 0.15) is 16.8 Å². The third-order valence-corrected chi connectivity index (χ3v) is 5.85. The number of benzene rings is 2. The number of nitrogens with zero attached hydrogens (tertiary/aromatic N) is 4. The fourth-order valence-electron chi connectivity index (χ4n) is 2.65. The molecule has 0 saturated heterocycles. The molecule has 1 aromatic heterocycles. The Hall–Kier alpha value is -2.92. The Morgan fingerprint density at radius 2 is 1.65 bits per heavy atom. The Balaban J connectivity index is 2.31. The minimum Gasteiger partial charge on any atom is -0.604 e. The van der Waals surface area contributed by atoms with Gasteiger partial charge >= 0.3 is 11.7 Å². The molecule has 3 aromatic rings. The Bertz CT molecular complexity index is 1280. The Morgan fingerprint density at radius 3 is 2.12 bits per heavy atom. The molecule has 0 bridgehead atoms. The number of hydrogen-bond donors (Lipinski definition) is 1. The van der Waals surface area contributed by atoms with Gasteiger partial charge in [-0.2, -0.15) is 18.4 Å². The minimum absolute atomic E-state index is 0.115. The molecule has 0 saturated carbocycles. The van der Waals surface area contributed by atoms with Crippen molar-refractivity contribution in [1.29, 1.82) is 5.26 Å². The molecule has 1 heterocycles. The molecule has 0 fully saturated rings. The summed E-state index contributed by atoms with van der Waals surface area (Å²) in [5.41, 5.74) is -7.78. The van der Waals surface area contributed by atoms with Crippen molar-refractivity contribution in [3.05, 3.63) is 63.3 Å². The molecule has 0 amide bonds. The first-order valence-electron chi connectivity index (χ1n) is 8.65. The molecule has 15 heteroatoms. The van der Waals surface area contributed by atoms with Crippen LogP contribution in [0, 0.1) is 11.3 Å². The number of rotatable bonds is 4. The smallest absolute Gasteiger partial charge is 0.578 e. The third kappa shape index (κ3) is 5.25. The molecule has 0 aliphatic rings. The van der Waals surface area contributed by atoms with Gasteiger partial charge in [-0.15, -0.1) is 18.3 Å². The van der Waals surface area contributed by atoms with Crippen LogP contribution in [0.4, 0.5) is 32.2 Å². The number of halogens is 8. The van der Waals surface area contributed by atoms with E-state index in [9.17, 15) is 41.3 Å². The molecule has 0 radical (unpaired) electrons. The number of aromatic hydroxyl groups is 1. The molecule has 2 aromatic carbocycles. The lowest BCUT2D eigenvalue weighted by molar-refractivity contribution is -0.137. The summed E-state index contributed by atoms with van der Waals surface area (Å²) in [5.74, 6) is -0.917. The van der Waals surface area contributed by atoms with Crippen LogP contribution in [0.2, 0.25) is 10.0 Å². The number of hydrogen-bond acceptors (Lipinski definition) is 5. The van der Waals surface area contributed by atoms with E-state index in [1.54, 1.807) is 0 Å². The van der Waals surface area contributed by atoms with E-state index in [1.165, 1.54) is 30.3 Å². The largest absolute Gasteiger partial charge is 0.604 e. The summed E-state index contributed by atoms with van der Waals surface area (Å²) in [4.78, 5) is 2.71. The van der Waals surface area contributed by atoms with Crippen LogP contribution in [0.3, 0.4) is 0 Å². The average molecular weight is 541 g/mol. The molecule has 1 unspecified atom stereocenters. The van der Waals surface area contributed by atoms with E-state index in [0.717, 1.165) is 6.21 Å². The van der Waals surface area contributed by atoms with Crippen LogP contribution in [-0.4, -0.2) is 31.2 Å². The molecule has 0 spiro atoms.